The van der Waals surface area contributed by atoms with Crippen LogP contribution in [0.2, 0.25) is 17.9 Å². The third kappa shape index (κ3) is 2.41. The molecule has 1 heterocycles. The third-order valence-electron chi connectivity index (χ3n) is 12.2. The molecular weight excluding hydrogens is 485 g/mol. The van der Waals surface area contributed by atoms with Crippen molar-refractivity contribution in [3.8, 4) is 0 Å². The van der Waals surface area contributed by atoms with E-state index >= 15 is 0 Å². The Bertz CT molecular complexity index is 1300. The number of fused-ring (bicyclic) bond motifs is 2. The molecule has 0 aliphatic heterocycles. The Kier molecular flexibility index (Phi) is 5.73. The van der Waals surface area contributed by atoms with Gasteiger partial charge in [-0.2, -0.15) is 0 Å². The Balaban J connectivity index is 0.00000181. The van der Waals surface area contributed by atoms with E-state index in [2.05, 4.69) is 131 Å². The molecule has 2 aromatic carbocycles. The van der Waals surface area contributed by atoms with Gasteiger partial charge in [0.15, 0.2) is 0 Å². The van der Waals surface area contributed by atoms with Crippen LogP contribution in [-0.2, 0) is 11.5 Å². The number of aromatic amines is 1. The number of aromatic nitrogens is 1. The van der Waals surface area contributed by atoms with E-state index in [-0.39, 0.29) is 32.3 Å². The van der Waals surface area contributed by atoms with E-state index in [9.17, 15) is 0 Å². The SMILES string of the molecule is C[C](C)(C)[Ti]([CH3])([CH3])(=[SiH2])([c]1cc2ccccc2[nH]1)([CH]1C=Cc2ccccc21)[C](C)(C)C.Cl.Cl. The van der Waals surface area contributed by atoms with Crippen molar-refractivity contribution in [2.75, 3.05) is 0 Å². The number of H-pyrrole nitrogens is 1. The van der Waals surface area contributed by atoms with E-state index in [4.69, 9.17) is 0 Å². The van der Waals surface area contributed by atoms with Crippen LogP contribution in [0.3, 0.4) is 0 Å². The molecule has 0 radical (unpaired) electrons. The second-order valence-corrected chi connectivity index (χ2v) is 47.5. The molecule has 1 aliphatic rings. The largest absolute Gasteiger partial charge is 0.147 e. The number of benzene rings is 2. The van der Waals surface area contributed by atoms with Crippen molar-refractivity contribution in [2.45, 2.75) is 63.7 Å². The minimum atomic E-state index is -4.88. The molecule has 1 atom stereocenters. The summed E-state index contributed by atoms with van der Waals surface area (Å²) in [5, 5.41) is 6.81. The minimum absolute atomic E-state index is 0. The van der Waals surface area contributed by atoms with Gasteiger partial charge in [0, 0.05) is 0 Å². The summed E-state index contributed by atoms with van der Waals surface area (Å²) in [5.74, 6) is 0. The van der Waals surface area contributed by atoms with Crippen molar-refractivity contribution >= 4 is 53.4 Å². The zero-order valence-electron chi connectivity index (χ0n) is 21.0. The maximum Gasteiger partial charge on any atom is -0.147 e. The summed E-state index contributed by atoms with van der Waals surface area (Å²) in [7, 11) is 2.41. The fraction of sp³-hybridized carbons (Fsp3) is 0.407. The van der Waals surface area contributed by atoms with Crippen LogP contribution in [0.1, 0.15) is 56.9 Å². The van der Waals surface area contributed by atoms with E-state index < -0.39 is 11.5 Å². The number of hydrogen-bond donors (Lipinski definition) is 1. The first-order valence-corrected chi connectivity index (χ1v) is 21.8. The van der Waals surface area contributed by atoms with E-state index in [1.54, 1.807) is 0 Å². The molecule has 32 heavy (non-hydrogen) atoms. The van der Waals surface area contributed by atoms with Crippen molar-refractivity contribution in [2.24, 2.45) is 0 Å². The Morgan fingerprint density at radius 2 is 1.34 bits per heavy atom. The summed E-state index contributed by atoms with van der Waals surface area (Å²) < 4.78 is 1.97. The summed E-state index contributed by atoms with van der Waals surface area (Å²) in [6, 6.07) is 20.3. The van der Waals surface area contributed by atoms with Gasteiger partial charge in [-0.3, -0.25) is 0 Å². The number of para-hydroxylation sites is 1. The van der Waals surface area contributed by atoms with Gasteiger partial charge in [-0.05, 0) is 0 Å². The fourth-order valence-electron chi connectivity index (χ4n) is 6.99. The van der Waals surface area contributed by atoms with Crippen LogP contribution in [0, 0.1) is 0 Å². The Hall–Kier alpha value is -0.769. The molecule has 0 amide bonds. The van der Waals surface area contributed by atoms with Gasteiger partial charge in [-0.1, -0.05) is 0 Å². The van der Waals surface area contributed by atoms with E-state index in [1.165, 1.54) is 26.0 Å². The van der Waals surface area contributed by atoms with Gasteiger partial charge >= 0.3 is 181 Å². The van der Waals surface area contributed by atoms with Crippen molar-refractivity contribution in [1.29, 1.82) is 0 Å². The topological polar surface area (TPSA) is 15.8 Å². The number of nitrogens with one attached hydrogen (secondary N) is 1. The van der Waals surface area contributed by atoms with E-state index in [1.807, 2.05) is 0 Å². The zero-order chi connectivity index (χ0) is 22.3. The summed E-state index contributed by atoms with van der Waals surface area (Å²) in [6.07, 6.45) is 4.93. The average molecular weight is 526 g/mol. The van der Waals surface area contributed by atoms with E-state index in [0.717, 1.165) is 0 Å². The molecule has 1 nitrogen and oxygen atoms in total. The molecule has 0 bridgehead atoms. The molecule has 0 spiro atoms. The van der Waals surface area contributed by atoms with Crippen LogP contribution in [-0.4, -0.2) is 12.6 Å². The molecule has 176 valence electrons. The van der Waals surface area contributed by atoms with Crippen LogP contribution in [0.15, 0.2) is 60.7 Å². The molecule has 5 heteroatoms. The summed E-state index contributed by atoms with van der Waals surface area (Å²) >= 11 is -4.88. The molecule has 1 aromatic heterocycles. The standard InChI is InChI=1S/C9H7.C8H6N.2C4H9.2CH3.2ClH.H2Si.Ti/c1-2-5-9-7-3-6-8(9)4-1;1-2-4-8-7(3-1)5-6-9-8;2*1-4(2)3;;;;;;/h1-7H;1-5,9H;2*1-3H3;2*1H3;2*1H;1H2;. The molecule has 3 aromatic rings. The van der Waals surface area contributed by atoms with Crippen LogP contribution in [0.25, 0.3) is 17.0 Å². The number of halogens is 2. The minimum Gasteiger partial charge on any atom is -0.147 e. The first-order chi connectivity index (χ1) is 13.5. The van der Waals surface area contributed by atoms with Gasteiger partial charge in [0.2, 0.25) is 0 Å². The number of hydrogen-bond acceptors (Lipinski definition) is 0. The molecule has 0 saturated carbocycles. The summed E-state index contributed by atoms with van der Waals surface area (Å²) in [4.78, 5) is 4.03. The van der Waals surface area contributed by atoms with Crippen molar-refractivity contribution < 1.29 is 11.5 Å². The van der Waals surface area contributed by atoms with Gasteiger partial charge in [0.05, 0.1) is 0 Å². The van der Waals surface area contributed by atoms with Crippen LogP contribution in [0.4, 0.5) is 0 Å². The predicted octanol–water partition coefficient (Wildman–Crippen LogP) is 8.25. The zero-order valence-corrected chi connectivity index (χ0v) is 25.6. The van der Waals surface area contributed by atoms with Crippen molar-refractivity contribution in [3.05, 3.63) is 71.8 Å². The molecule has 0 saturated heterocycles. The van der Waals surface area contributed by atoms with Crippen LogP contribution < -0.4 is 4.00 Å². The second kappa shape index (κ2) is 6.67. The normalized spacial score (nSPS) is 19.6. The second-order valence-electron chi connectivity index (χ2n) is 14.1. The van der Waals surface area contributed by atoms with Gasteiger partial charge in [0.25, 0.3) is 0 Å². The van der Waals surface area contributed by atoms with Gasteiger partial charge in [0.1, 0.15) is 0 Å². The molecule has 4 rings (SSSR count). The first-order valence-electron chi connectivity index (χ1n) is 11.4. The predicted molar refractivity (Wildman–Crippen MR) is 150 cm³/mol. The van der Waals surface area contributed by atoms with Gasteiger partial charge in [-0.25, -0.2) is 0 Å². The Morgan fingerprint density at radius 3 is 1.91 bits per heavy atom. The van der Waals surface area contributed by atoms with Crippen LogP contribution in [0.5, 0.6) is 0 Å². The first kappa shape index (κ1) is 27.5. The van der Waals surface area contributed by atoms with Gasteiger partial charge < -0.3 is 0 Å². The quantitative estimate of drug-likeness (QED) is 0.324. The van der Waals surface area contributed by atoms with E-state index in [0.29, 0.717) is 4.22 Å². The van der Waals surface area contributed by atoms with Crippen molar-refractivity contribution in [1.82, 2.24) is 4.98 Å². The molecule has 0 fully saturated rings. The maximum atomic E-state index is 4.03. The molecular formula is C27H41Cl2NSiTi. The van der Waals surface area contributed by atoms with Gasteiger partial charge in [-0.15, -0.1) is 24.8 Å². The Labute approximate surface area is 204 Å². The van der Waals surface area contributed by atoms with Crippen LogP contribution >= 0.6 is 24.8 Å². The fourth-order valence-corrected chi connectivity index (χ4v) is 24.8. The monoisotopic (exact) mass is 525 g/mol. The average Bonchev–Trinajstić information content (AvgIpc) is 3.26. The molecule has 1 aliphatic carbocycles. The summed E-state index contributed by atoms with van der Waals surface area (Å²) in [5.41, 5.74) is 4.13. The smallest absolute Gasteiger partial charge is 0.147 e. The maximum absolute atomic E-state index is 4.88. The number of allylic oxidation sites excluding steroid dienone is 1. The number of rotatable bonds is 2. The summed E-state index contributed by atoms with van der Waals surface area (Å²) in [6.45, 7) is 15.1. The van der Waals surface area contributed by atoms with Crippen molar-refractivity contribution in [3.63, 3.8) is 0 Å². The third-order valence-corrected chi connectivity index (χ3v) is 53.3. The molecule has 1 unspecified atom stereocenters. The molecule has 1 N–H and O–H groups in total. The Morgan fingerprint density at radius 1 is 0.812 bits per heavy atom.